The van der Waals surface area contributed by atoms with Gasteiger partial charge in [-0.05, 0) is 24.8 Å². The Morgan fingerprint density at radius 1 is 1.11 bits per heavy atom. The maximum absolute atomic E-state index is 12.3. The second kappa shape index (κ2) is 11.1. The number of ether oxygens (including phenoxy) is 1. The highest BCUT2D eigenvalue weighted by atomic mass is 35.5. The predicted molar refractivity (Wildman–Crippen MR) is 103 cm³/mol. The molecule has 2 saturated heterocycles. The lowest BCUT2D eigenvalue weighted by atomic mass is 9.83. The number of hydrogen-bond acceptors (Lipinski definition) is 3. The molecule has 0 saturated carbocycles. The Kier molecular flexibility index (Phi) is 9.18. The van der Waals surface area contributed by atoms with Crippen molar-refractivity contribution in [1.29, 1.82) is 0 Å². The lowest BCUT2D eigenvalue weighted by Crippen LogP contribution is -3.26. The summed E-state index contributed by atoms with van der Waals surface area (Å²) < 4.78 is 5.66. The van der Waals surface area contributed by atoms with E-state index >= 15 is 0 Å². The summed E-state index contributed by atoms with van der Waals surface area (Å²) in [7, 11) is 0. The molecular formula is C21H35ClN3O3+. The number of nitrogens with two attached hydrogens (primary N) is 1. The normalized spacial score (nSPS) is 27.0. The summed E-state index contributed by atoms with van der Waals surface area (Å²) in [6.45, 7) is 5.44. The van der Waals surface area contributed by atoms with Crippen LogP contribution in [0.25, 0.3) is 0 Å². The van der Waals surface area contributed by atoms with E-state index in [-0.39, 0.29) is 18.3 Å². The molecule has 2 heterocycles. The van der Waals surface area contributed by atoms with Crippen molar-refractivity contribution < 1.29 is 36.8 Å². The number of nitrogens with one attached hydrogen (secondary N) is 2. The van der Waals surface area contributed by atoms with E-state index in [0.717, 1.165) is 44.6 Å². The largest absolute Gasteiger partial charge is 1.00 e. The molecule has 7 heteroatoms. The third-order valence-corrected chi connectivity index (χ3v) is 6.36. The lowest BCUT2D eigenvalue weighted by Gasteiger charge is -2.44. The second-order valence-electron chi connectivity index (χ2n) is 8.22. The Bertz CT molecular complexity index is 588. The Hall–Kier alpha value is -1.18. The minimum atomic E-state index is -0.480. The molecule has 2 aliphatic heterocycles. The summed E-state index contributed by atoms with van der Waals surface area (Å²) in [4.78, 5) is 15.0. The number of piperidine rings is 2. The highest BCUT2D eigenvalue weighted by molar-refractivity contribution is 5.83. The number of aliphatic hydroxyl groups excluding tert-OH is 1. The van der Waals surface area contributed by atoms with Gasteiger partial charge in [0.05, 0.1) is 52.2 Å². The number of amides is 1. The summed E-state index contributed by atoms with van der Waals surface area (Å²) in [5.74, 6) is -0.134. The average Bonchev–Trinajstić information content (AvgIpc) is 2.70. The number of carbonyl (C=O) groups excluding carboxylic acids is 1. The van der Waals surface area contributed by atoms with Crippen molar-refractivity contribution in [3.05, 3.63) is 35.9 Å². The lowest BCUT2D eigenvalue weighted by molar-refractivity contribution is -0.974. The molecule has 3 rings (SSSR count). The van der Waals surface area contributed by atoms with Gasteiger partial charge >= 0.3 is 0 Å². The van der Waals surface area contributed by atoms with Crippen LogP contribution in [-0.2, 0) is 16.1 Å². The van der Waals surface area contributed by atoms with Gasteiger partial charge in [0.15, 0.2) is 5.54 Å². The zero-order valence-electron chi connectivity index (χ0n) is 16.7. The first-order valence-corrected chi connectivity index (χ1v) is 10.4. The summed E-state index contributed by atoms with van der Waals surface area (Å²) in [6.07, 6.45) is 4.82. The van der Waals surface area contributed by atoms with Gasteiger partial charge in [-0.3, -0.25) is 4.79 Å². The van der Waals surface area contributed by atoms with Crippen molar-refractivity contribution >= 4 is 5.91 Å². The third-order valence-electron chi connectivity index (χ3n) is 6.36. The number of benzene rings is 1. The molecule has 1 aromatic carbocycles. The first-order valence-electron chi connectivity index (χ1n) is 10.4. The molecule has 1 aromatic rings. The van der Waals surface area contributed by atoms with E-state index < -0.39 is 11.6 Å². The number of primary amides is 1. The highest BCUT2D eigenvalue weighted by Gasteiger charge is 2.50. The number of likely N-dealkylation sites (tertiary alicyclic amines) is 2. The zero-order chi connectivity index (χ0) is 19.1. The number of quaternary nitrogens is 2. The van der Waals surface area contributed by atoms with Crippen molar-refractivity contribution in [3.8, 4) is 0 Å². The van der Waals surface area contributed by atoms with Crippen LogP contribution >= 0.6 is 0 Å². The molecule has 0 bridgehead atoms. The van der Waals surface area contributed by atoms with Gasteiger partial charge in [0.2, 0.25) is 0 Å². The fourth-order valence-corrected chi connectivity index (χ4v) is 4.74. The highest BCUT2D eigenvalue weighted by Crippen LogP contribution is 2.14. The number of aliphatic hydroxyl groups is 1. The maximum atomic E-state index is 12.3. The third kappa shape index (κ3) is 5.91. The van der Waals surface area contributed by atoms with Crippen LogP contribution in [0.15, 0.2) is 30.3 Å². The van der Waals surface area contributed by atoms with E-state index in [2.05, 4.69) is 0 Å². The summed E-state index contributed by atoms with van der Waals surface area (Å²) in [6, 6.07) is 10.0. The van der Waals surface area contributed by atoms with Crippen LogP contribution in [0.3, 0.4) is 0 Å². The maximum Gasteiger partial charge on any atom is 0.279 e. The van der Waals surface area contributed by atoms with E-state index in [1.54, 1.807) is 0 Å². The van der Waals surface area contributed by atoms with Crippen LogP contribution in [0.1, 0.15) is 37.7 Å². The molecular weight excluding hydrogens is 378 g/mol. The molecule has 0 radical (unpaired) electrons. The number of rotatable bonds is 8. The van der Waals surface area contributed by atoms with Crippen molar-refractivity contribution in [2.75, 3.05) is 39.3 Å². The molecule has 0 aliphatic carbocycles. The first kappa shape index (κ1) is 23.1. The fraction of sp³-hybridized carbons (Fsp3) is 0.667. The second-order valence-corrected chi connectivity index (χ2v) is 8.22. The van der Waals surface area contributed by atoms with E-state index in [1.165, 1.54) is 29.1 Å². The Balaban J connectivity index is 0.00000280. The van der Waals surface area contributed by atoms with Gasteiger partial charge < -0.3 is 37.8 Å². The molecule has 158 valence electrons. The van der Waals surface area contributed by atoms with Crippen LogP contribution in [0.2, 0.25) is 0 Å². The van der Waals surface area contributed by atoms with Crippen LogP contribution < -0.4 is 27.9 Å². The van der Waals surface area contributed by atoms with Gasteiger partial charge in [0.25, 0.3) is 5.91 Å². The summed E-state index contributed by atoms with van der Waals surface area (Å²) >= 11 is 0. The molecule has 1 unspecified atom stereocenters. The van der Waals surface area contributed by atoms with E-state index in [0.29, 0.717) is 19.8 Å². The molecule has 5 N–H and O–H groups in total. The van der Waals surface area contributed by atoms with Gasteiger partial charge in [-0.2, -0.15) is 0 Å². The molecule has 2 fully saturated rings. The number of hydrogen-bond donors (Lipinski definition) is 4. The predicted octanol–water partition coefficient (Wildman–Crippen LogP) is -4.46. The molecule has 1 atom stereocenters. The van der Waals surface area contributed by atoms with Gasteiger partial charge in [0, 0.05) is 0 Å². The van der Waals surface area contributed by atoms with Gasteiger partial charge in [-0.25, -0.2) is 0 Å². The van der Waals surface area contributed by atoms with Gasteiger partial charge in [-0.1, -0.05) is 30.3 Å². The van der Waals surface area contributed by atoms with Crippen LogP contribution in [0.5, 0.6) is 0 Å². The van der Waals surface area contributed by atoms with Crippen molar-refractivity contribution in [3.63, 3.8) is 0 Å². The molecule has 0 spiro atoms. The fourth-order valence-electron chi connectivity index (χ4n) is 4.74. The molecule has 1 amide bonds. The number of carbonyl (C=O) groups is 1. The quantitative estimate of drug-likeness (QED) is 0.348. The van der Waals surface area contributed by atoms with Crippen molar-refractivity contribution in [2.45, 2.75) is 50.4 Å². The monoisotopic (exact) mass is 412 g/mol. The molecule has 2 aliphatic rings. The van der Waals surface area contributed by atoms with Crippen molar-refractivity contribution in [1.82, 2.24) is 0 Å². The smallest absolute Gasteiger partial charge is 0.279 e. The minimum Gasteiger partial charge on any atom is -1.00 e. The first-order chi connectivity index (χ1) is 13.1. The van der Waals surface area contributed by atoms with Crippen LogP contribution in [0.4, 0.5) is 0 Å². The topological polar surface area (TPSA) is 81.4 Å². The Morgan fingerprint density at radius 3 is 2.36 bits per heavy atom. The minimum absolute atomic E-state index is 0. The van der Waals surface area contributed by atoms with E-state index in [9.17, 15) is 9.90 Å². The van der Waals surface area contributed by atoms with Gasteiger partial charge in [-0.15, -0.1) is 0 Å². The zero-order valence-corrected chi connectivity index (χ0v) is 17.4. The summed E-state index contributed by atoms with van der Waals surface area (Å²) in [5, 5.41) is 10.3. The van der Waals surface area contributed by atoms with Crippen LogP contribution in [0, 0.1) is 0 Å². The molecule has 0 aromatic heterocycles. The van der Waals surface area contributed by atoms with E-state index in [4.69, 9.17) is 10.5 Å². The molecule has 28 heavy (non-hydrogen) atoms. The van der Waals surface area contributed by atoms with E-state index in [1.807, 2.05) is 30.3 Å². The van der Waals surface area contributed by atoms with Crippen molar-refractivity contribution in [2.24, 2.45) is 5.73 Å². The SMILES string of the molecule is NC(=O)C1([NH+]2CCCCC2)CC[NH+](CC(O)COCc2ccccc2)CC1.[Cl-]. The Morgan fingerprint density at radius 2 is 1.75 bits per heavy atom. The number of halogens is 1. The average molecular weight is 413 g/mol. The Labute approximate surface area is 174 Å². The summed E-state index contributed by atoms with van der Waals surface area (Å²) in [5.41, 5.74) is 6.59. The van der Waals surface area contributed by atoms with Gasteiger partial charge in [0.1, 0.15) is 12.6 Å². The van der Waals surface area contributed by atoms with Crippen LogP contribution in [-0.4, -0.2) is 62.0 Å². The standard InChI is InChI=1S/C21H33N3O3.ClH/c22-20(26)21(24-11-5-2-6-12-24)9-13-23(14-10-21)15-19(25)17-27-16-18-7-3-1-4-8-18;/h1,3-4,7-8,19,25H,2,5-6,9-17H2,(H2,22,26);1H/p+1. The molecule has 6 nitrogen and oxygen atoms in total.